The van der Waals surface area contributed by atoms with Gasteiger partial charge in [0.25, 0.3) is 0 Å². The minimum absolute atomic E-state index is 0.0810. The van der Waals surface area contributed by atoms with Gasteiger partial charge in [-0.05, 0) is 49.1 Å². The lowest BCUT2D eigenvalue weighted by atomic mass is 9.73. The number of rotatable bonds is 5. The van der Waals surface area contributed by atoms with E-state index in [9.17, 15) is 4.39 Å². The summed E-state index contributed by atoms with van der Waals surface area (Å²) < 4.78 is 25.8. The summed E-state index contributed by atoms with van der Waals surface area (Å²) in [6.07, 6.45) is 8.38. The zero-order chi connectivity index (χ0) is 17.8. The Labute approximate surface area is 153 Å². The van der Waals surface area contributed by atoms with E-state index in [1.165, 1.54) is 11.6 Å². The normalized spacial score (nSPS) is 26.3. The molecule has 2 fully saturated rings. The van der Waals surface area contributed by atoms with E-state index >= 15 is 0 Å². The van der Waals surface area contributed by atoms with Gasteiger partial charge < -0.3 is 9.47 Å². The van der Waals surface area contributed by atoms with E-state index in [0.717, 1.165) is 45.5 Å². The summed E-state index contributed by atoms with van der Waals surface area (Å²) in [5.41, 5.74) is 1.13. The van der Waals surface area contributed by atoms with Gasteiger partial charge in [-0.15, -0.1) is 0 Å². The smallest absolute Gasteiger partial charge is 0.250 e. The highest BCUT2D eigenvalue weighted by Gasteiger charge is 2.46. The third-order valence-electron chi connectivity index (χ3n) is 5.44. The first-order valence-corrected chi connectivity index (χ1v) is 9.21. The second-order valence-corrected chi connectivity index (χ2v) is 7.26. The summed E-state index contributed by atoms with van der Waals surface area (Å²) in [5, 5.41) is 0. The van der Waals surface area contributed by atoms with Gasteiger partial charge in [0.05, 0.1) is 12.7 Å². The Morgan fingerprint density at radius 1 is 1.27 bits per heavy atom. The van der Waals surface area contributed by atoms with E-state index in [4.69, 9.17) is 9.47 Å². The molecule has 2 aliphatic rings. The van der Waals surface area contributed by atoms with Gasteiger partial charge in [-0.25, -0.2) is 9.37 Å². The van der Waals surface area contributed by atoms with Gasteiger partial charge in [-0.2, -0.15) is 0 Å². The summed E-state index contributed by atoms with van der Waals surface area (Å²) >= 11 is 0. The number of halogens is 1. The van der Waals surface area contributed by atoms with Crippen LogP contribution < -0.4 is 4.74 Å². The highest BCUT2D eigenvalue weighted by molar-refractivity contribution is 5.14. The number of ether oxygens (including phenoxy) is 2. The van der Waals surface area contributed by atoms with Crippen LogP contribution in [0.25, 0.3) is 0 Å². The van der Waals surface area contributed by atoms with Crippen molar-refractivity contribution in [1.29, 1.82) is 0 Å². The molecular weight excluding hydrogens is 333 g/mol. The molecule has 2 saturated heterocycles. The number of hydrogen-bond acceptors (Lipinski definition) is 5. The molecule has 0 bridgehead atoms. The Kier molecular flexibility index (Phi) is 5.13. The molecule has 2 atom stereocenters. The number of piperidine rings is 1. The maximum absolute atomic E-state index is 13.9. The predicted molar refractivity (Wildman–Crippen MR) is 95.2 cm³/mol. The molecule has 26 heavy (non-hydrogen) atoms. The predicted octanol–water partition coefficient (Wildman–Crippen LogP) is 3.07. The molecule has 2 aromatic heterocycles. The van der Waals surface area contributed by atoms with Gasteiger partial charge in [0.2, 0.25) is 5.88 Å². The second kappa shape index (κ2) is 7.68. The zero-order valence-corrected chi connectivity index (χ0v) is 14.8. The number of pyridine rings is 2. The Morgan fingerprint density at radius 2 is 2.15 bits per heavy atom. The van der Waals surface area contributed by atoms with Crippen LogP contribution in [0.1, 0.15) is 24.8 Å². The van der Waals surface area contributed by atoms with Crippen molar-refractivity contribution in [2.45, 2.75) is 31.9 Å². The third kappa shape index (κ3) is 3.71. The zero-order valence-electron chi connectivity index (χ0n) is 14.8. The first kappa shape index (κ1) is 17.4. The molecule has 0 radical (unpaired) electrons. The largest absolute Gasteiger partial charge is 0.475 e. The Morgan fingerprint density at radius 3 is 3.00 bits per heavy atom. The number of nitrogens with zero attached hydrogens (tertiary/aromatic N) is 3. The van der Waals surface area contributed by atoms with Crippen molar-refractivity contribution in [2.75, 3.05) is 26.3 Å². The molecule has 4 heterocycles. The quantitative estimate of drug-likeness (QED) is 0.823. The van der Waals surface area contributed by atoms with E-state index in [1.807, 2.05) is 12.4 Å². The molecule has 2 aliphatic heterocycles. The fraction of sp³-hybridized carbons (Fsp3) is 0.500. The van der Waals surface area contributed by atoms with Crippen LogP contribution in [0.5, 0.6) is 5.88 Å². The van der Waals surface area contributed by atoms with Gasteiger partial charge in [-0.1, -0.05) is 0 Å². The number of hydrogen-bond donors (Lipinski definition) is 0. The van der Waals surface area contributed by atoms with E-state index < -0.39 is 5.82 Å². The van der Waals surface area contributed by atoms with Crippen LogP contribution in [0.4, 0.5) is 4.39 Å². The molecular formula is C20H24FN3O2. The maximum atomic E-state index is 13.9. The average molecular weight is 357 g/mol. The van der Waals surface area contributed by atoms with Crippen molar-refractivity contribution >= 4 is 0 Å². The molecule has 0 aromatic carbocycles. The monoisotopic (exact) mass is 357 g/mol. The highest BCUT2D eigenvalue weighted by atomic mass is 19.1. The minimum Gasteiger partial charge on any atom is -0.475 e. The van der Waals surface area contributed by atoms with Crippen LogP contribution in [-0.2, 0) is 11.3 Å². The standard InChI is InChI=1S/C20H24FN3O2/c21-17-3-1-8-23-19(17)26-15-20-7-2-12-25-18(20)6-11-24(14-20)13-16-4-9-22-10-5-16/h1,3-5,8-10,18H,2,6-7,11-15H2/t18-,20+/m1/s1. The van der Waals surface area contributed by atoms with Gasteiger partial charge in [0.15, 0.2) is 5.82 Å². The highest BCUT2D eigenvalue weighted by Crippen LogP contribution is 2.41. The molecule has 0 saturated carbocycles. The molecule has 0 spiro atoms. The fourth-order valence-electron chi connectivity index (χ4n) is 4.16. The molecule has 0 N–H and O–H groups in total. The minimum atomic E-state index is -0.415. The van der Waals surface area contributed by atoms with Crippen molar-refractivity contribution in [1.82, 2.24) is 14.9 Å². The van der Waals surface area contributed by atoms with Gasteiger partial charge in [0.1, 0.15) is 0 Å². The van der Waals surface area contributed by atoms with Crippen LogP contribution in [0.3, 0.4) is 0 Å². The molecule has 6 heteroatoms. The van der Waals surface area contributed by atoms with E-state index in [-0.39, 0.29) is 17.4 Å². The van der Waals surface area contributed by atoms with Gasteiger partial charge in [-0.3, -0.25) is 9.88 Å². The van der Waals surface area contributed by atoms with Crippen LogP contribution in [0, 0.1) is 11.2 Å². The summed E-state index contributed by atoms with van der Waals surface area (Å²) in [7, 11) is 0. The third-order valence-corrected chi connectivity index (χ3v) is 5.44. The summed E-state index contributed by atoms with van der Waals surface area (Å²) in [6, 6.07) is 7.06. The molecule has 4 rings (SSSR count). The lowest BCUT2D eigenvalue weighted by Crippen LogP contribution is -2.57. The Bertz CT molecular complexity index is 730. The van der Waals surface area contributed by atoms with Crippen LogP contribution in [0.15, 0.2) is 42.9 Å². The van der Waals surface area contributed by atoms with E-state index in [0.29, 0.717) is 6.61 Å². The van der Waals surface area contributed by atoms with Crippen LogP contribution >= 0.6 is 0 Å². The van der Waals surface area contributed by atoms with E-state index in [1.54, 1.807) is 12.3 Å². The fourth-order valence-corrected chi connectivity index (χ4v) is 4.16. The molecule has 0 amide bonds. The molecule has 0 aliphatic carbocycles. The summed E-state index contributed by atoms with van der Waals surface area (Å²) in [4.78, 5) is 10.6. The number of fused-ring (bicyclic) bond motifs is 1. The Hall–Kier alpha value is -2.05. The van der Waals surface area contributed by atoms with Crippen molar-refractivity contribution < 1.29 is 13.9 Å². The van der Waals surface area contributed by atoms with Crippen molar-refractivity contribution in [3.05, 3.63) is 54.2 Å². The van der Waals surface area contributed by atoms with Gasteiger partial charge >= 0.3 is 0 Å². The average Bonchev–Trinajstić information content (AvgIpc) is 2.68. The van der Waals surface area contributed by atoms with E-state index in [2.05, 4.69) is 27.0 Å². The first-order chi connectivity index (χ1) is 12.8. The Balaban J connectivity index is 1.48. The van der Waals surface area contributed by atoms with Crippen molar-refractivity contribution in [3.8, 4) is 5.88 Å². The van der Waals surface area contributed by atoms with Crippen LogP contribution in [0.2, 0.25) is 0 Å². The lowest BCUT2D eigenvalue weighted by molar-refractivity contribution is -0.141. The van der Waals surface area contributed by atoms with Crippen molar-refractivity contribution in [2.24, 2.45) is 5.41 Å². The summed E-state index contributed by atoms with van der Waals surface area (Å²) in [6.45, 7) is 3.99. The van der Waals surface area contributed by atoms with Gasteiger partial charge in [0, 0.05) is 50.2 Å². The topological polar surface area (TPSA) is 47.5 Å². The lowest BCUT2D eigenvalue weighted by Gasteiger charge is -2.50. The number of aromatic nitrogens is 2. The SMILES string of the molecule is Fc1cccnc1OC[C@@]12CCCO[C@@H]1CCN(Cc1ccncc1)C2. The van der Waals surface area contributed by atoms with Crippen LogP contribution in [-0.4, -0.2) is 47.3 Å². The second-order valence-electron chi connectivity index (χ2n) is 7.26. The molecule has 138 valence electrons. The molecule has 2 aromatic rings. The number of likely N-dealkylation sites (tertiary alicyclic amines) is 1. The summed E-state index contributed by atoms with van der Waals surface area (Å²) in [5.74, 6) is -0.334. The first-order valence-electron chi connectivity index (χ1n) is 9.21. The molecule has 5 nitrogen and oxygen atoms in total. The molecule has 0 unspecified atom stereocenters. The maximum Gasteiger partial charge on any atom is 0.250 e. The van der Waals surface area contributed by atoms with Crippen molar-refractivity contribution in [3.63, 3.8) is 0 Å².